The van der Waals surface area contributed by atoms with Crippen molar-refractivity contribution in [2.24, 2.45) is 0 Å². The third-order valence-electron chi connectivity index (χ3n) is 5.43. The molecule has 0 saturated carbocycles. The third kappa shape index (κ3) is 3.48. The molecule has 0 saturated heterocycles. The Balaban J connectivity index is 1.48. The maximum Gasteiger partial charge on any atom is 0.231 e. The van der Waals surface area contributed by atoms with Crippen LogP contribution in [0.15, 0.2) is 73.2 Å². The Morgan fingerprint density at radius 2 is 1.90 bits per heavy atom. The van der Waals surface area contributed by atoms with Crippen LogP contribution in [0.2, 0.25) is 0 Å². The number of H-pyrrole nitrogens is 1. The Morgan fingerprint density at radius 3 is 2.80 bits per heavy atom. The first kappa shape index (κ1) is 18.2. The van der Waals surface area contributed by atoms with Crippen LogP contribution in [0, 0.1) is 0 Å². The molecule has 1 aliphatic heterocycles. The first-order valence-electron chi connectivity index (χ1n) is 9.90. The zero-order valence-electron chi connectivity index (χ0n) is 16.3. The van der Waals surface area contributed by atoms with Crippen molar-refractivity contribution in [3.05, 3.63) is 89.9 Å². The Hall–Kier alpha value is -3.80. The summed E-state index contributed by atoms with van der Waals surface area (Å²) in [7, 11) is 0. The minimum absolute atomic E-state index is 0.0291. The van der Waals surface area contributed by atoms with E-state index in [9.17, 15) is 4.79 Å². The number of pyridine rings is 1. The third-order valence-corrected chi connectivity index (χ3v) is 5.43. The van der Waals surface area contributed by atoms with E-state index in [-0.39, 0.29) is 18.6 Å². The van der Waals surface area contributed by atoms with Crippen molar-refractivity contribution in [3.8, 4) is 11.5 Å². The van der Waals surface area contributed by atoms with E-state index < -0.39 is 0 Å². The van der Waals surface area contributed by atoms with Crippen LogP contribution in [0.3, 0.4) is 0 Å². The van der Waals surface area contributed by atoms with E-state index in [2.05, 4.69) is 21.4 Å². The predicted molar refractivity (Wildman–Crippen MR) is 113 cm³/mol. The summed E-state index contributed by atoms with van der Waals surface area (Å²) in [6.07, 6.45) is 5.73. The van der Waals surface area contributed by atoms with Gasteiger partial charge in [0.15, 0.2) is 11.5 Å². The molecule has 1 amide bonds. The number of hydrogen-bond acceptors (Lipinski definition) is 4. The highest BCUT2D eigenvalue weighted by molar-refractivity contribution is 5.86. The van der Waals surface area contributed by atoms with Gasteiger partial charge in [-0.25, -0.2) is 0 Å². The molecule has 6 heteroatoms. The number of fused-ring (bicyclic) bond motifs is 2. The standard InChI is InChI=1S/C24H21N3O3/c28-23(27-13-16-8-10-25-11-9-16)12-19(18-5-3-7-22-24(18)30-15-29-22)20-14-26-21-6-2-1-4-17(20)21/h1-11,14,19,26H,12-13,15H2,(H,27,28). The number of nitrogens with one attached hydrogen (secondary N) is 2. The number of para-hydroxylation sites is 2. The fourth-order valence-electron chi connectivity index (χ4n) is 3.96. The second-order valence-corrected chi connectivity index (χ2v) is 7.26. The van der Waals surface area contributed by atoms with Crippen molar-refractivity contribution in [1.82, 2.24) is 15.3 Å². The molecule has 1 aliphatic rings. The Bertz CT molecular complexity index is 1190. The Labute approximate surface area is 173 Å². The molecule has 5 rings (SSSR count). The number of carbonyl (C=O) groups is 1. The highest BCUT2D eigenvalue weighted by atomic mass is 16.7. The molecule has 2 aromatic carbocycles. The SMILES string of the molecule is O=C(CC(c1cccc2c1OCO2)c1c[nH]c2ccccc12)NCc1ccncc1. The van der Waals surface area contributed by atoms with Gasteiger partial charge in [-0.3, -0.25) is 9.78 Å². The van der Waals surface area contributed by atoms with Crippen LogP contribution in [0.5, 0.6) is 11.5 Å². The molecule has 2 aromatic heterocycles. The van der Waals surface area contributed by atoms with Crippen LogP contribution in [0.4, 0.5) is 0 Å². The number of nitrogens with zero attached hydrogens (tertiary/aromatic N) is 1. The molecule has 0 fully saturated rings. The lowest BCUT2D eigenvalue weighted by Crippen LogP contribution is -2.25. The van der Waals surface area contributed by atoms with E-state index in [1.165, 1.54) is 0 Å². The van der Waals surface area contributed by atoms with Crippen LogP contribution >= 0.6 is 0 Å². The van der Waals surface area contributed by atoms with Gasteiger partial charge in [0.2, 0.25) is 12.7 Å². The van der Waals surface area contributed by atoms with E-state index in [4.69, 9.17) is 9.47 Å². The molecule has 0 aliphatic carbocycles. The molecule has 3 heterocycles. The summed E-state index contributed by atoms with van der Waals surface area (Å²) in [5.41, 5.74) is 4.07. The maximum absolute atomic E-state index is 12.9. The molecule has 1 atom stereocenters. The van der Waals surface area contributed by atoms with Crippen molar-refractivity contribution in [2.45, 2.75) is 18.9 Å². The maximum atomic E-state index is 12.9. The monoisotopic (exact) mass is 399 g/mol. The van der Waals surface area contributed by atoms with Gasteiger partial charge < -0.3 is 19.8 Å². The van der Waals surface area contributed by atoms with Gasteiger partial charge in [0.1, 0.15) is 0 Å². The molecular weight excluding hydrogens is 378 g/mol. The van der Waals surface area contributed by atoms with Crippen molar-refractivity contribution < 1.29 is 14.3 Å². The molecule has 0 radical (unpaired) electrons. The highest BCUT2D eigenvalue weighted by Crippen LogP contribution is 2.44. The summed E-state index contributed by atoms with van der Waals surface area (Å²) < 4.78 is 11.3. The smallest absolute Gasteiger partial charge is 0.231 e. The summed E-state index contributed by atoms with van der Waals surface area (Å²) >= 11 is 0. The largest absolute Gasteiger partial charge is 0.454 e. The van der Waals surface area contributed by atoms with E-state index in [1.54, 1.807) is 12.4 Å². The molecule has 6 nitrogen and oxygen atoms in total. The van der Waals surface area contributed by atoms with Gasteiger partial charge >= 0.3 is 0 Å². The summed E-state index contributed by atoms with van der Waals surface area (Å²) in [4.78, 5) is 20.3. The number of amides is 1. The second-order valence-electron chi connectivity index (χ2n) is 7.26. The number of aromatic amines is 1. The van der Waals surface area contributed by atoms with Crippen molar-refractivity contribution >= 4 is 16.8 Å². The van der Waals surface area contributed by atoms with Gasteiger partial charge in [0.25, 0.3) is 0 Å². The van der Waals surface area contributed by atoms with E-state index in [0.29, 0.717) is 13.0 Å². The van der Waals surface area contributed by atoms with Crippen LogP contribution in [-0.4, -0.2) is 22.7 Å². The van der Waals surface area contributed by atoms with E-state index in [1.807, 2.05) is 54.7 Å². The average molecular weight is 399 g/mol. The molecule has 4 aromatic rings. The summed E-state index contributed by atoms with van der Waals surface area (Å²) in [6.45, 7) is 0.662. The molecular formula is C24H21N3O3. The molecule has 30 heavy (non-hydrogen) atoms. The zero-order valence-corrected chi connectivity index (χ0v) is 16.3. The van der Waals surface area contributed by atoms with Crippen LogP contribution in [0.1, 0.15) is 29.0 Å². The number of benzene rings is 2. The fraction of sp³-hybridized carbons (Fsp3) is 0.167. The zero-order chi connectivity index (χ0) is 20.3. The summed E-state index contributed by atoms with van der Waals surface area (Å²) in [6, 6.07) is 17.8. The number of hydrogen-bond donors (Lipinski definition) is 2. The molecule has 0 bridgehead atoms. The van der Waals surface area contributed by atoms with Gasteiger partial charge in [-0.15, -0.1) is 0 Å². The first-order valence-corrected chi connectivity index (χ1v) is 9.90. The van der Waals surface area contributed by atoms with Gasteiger partial charge in [0.05, 0.1) is 0 Å². The second kappa shape index (κ2) is 7.91. The minimum atomic E-state index is -0.171. The van der Waals surface area contributed by atoms with Crippen molar-refractivity contribution in [3.63, 3.8) is 0 Å². The van der Waals surface area contributed by atoms with Crippen molar-refractivity contribution in [2.75, 3.05) is 6.79 Å². The number of aromatic nitrogens is 2. The quantitative estimate of drug-likeness (QED) is 0.511. The number of carbonyl (C=O) groups excluding carboxylic acids is 1. The molecule has 2 N–H and O–H groups in total. The van der Waals surface area contributed by atoms with Gasteiger partial charge in [0, 0.05) is 53.9 Å². The van der Waals surface area contributed by atoms with Gasteiger partial charge in [-0.05, 0) is 35.4 Å². The van der Waals surface area contributed by atoms with Crippen LogP contribution in [0.25, 0.3) is 10.9 Å². The summed E-state index contributed by atoms with van der Waals surface area (Å²) in [5, 5.41) is 4.13. The molecule has 0 spiro atoms. The Kier molecular flexibility index (Phi) is 4.81. The minimum Gasteiger partial charge on any atom is -0.454 e. The van der Waals surface area contributed by atoms with E-state index >= 15 is 0 Å². The lowest BCUT2D eigenvalue weighted by molar-refractivity contribution is -0.121. The van der Waals surface area contributed by atoms with Crippen LogP contribution in [-0.2, 0) is 11.3 Å². The fourth-order valence-corrected chi connectivity index (χ4v) is 3.96. The lowest BCUT2D eigenvalue weighted by atomic mass is 9.87. The number of rotatable bonds is 6. The van der Waals surface area contributed by atoms with Crippen LogP contribution < -0.4 is 14.8 Å². The average Bonchev–Trinajstić information content (AvgIpc) is 3.44. The molecule has 150 valence electrons. The van der Waals surface area contributed by atoms with Gasteiger partial charge in [-0.1, -0.05) is 30.3 Å². The van der Waals surface area contributed by atoms with Gasteiger partial charge in [-0.2, -0.15) is 0 Å². The highest BCUT2D eigenvalue weighted by Gasteiger charge is 2.28. The summed E-state index contributed by atoms with van der Waals surface area (Å²) in [5.74, 6) is 1.23. The van der Waals surface area contributed by atoms with Crippen molar-refractivity contribution in [1.29, 1.82) is 0 Å². The van der Waals surface area contributed by atoms with E-state index in [0.717, 1.165) is 39.1 Å². The normalized spacial score (nSPS) is 13.3. The first-order chi connectivity index (χ1) is 14.8. The molecule has 1 unspecified atom stereocenters. The predicted octanol–water partition coefficient (Wildman–Crippen LogP) is 4.13. The Morgan fingerprint density at radius 1 is 1.03 bits per heavy atom. The number of ether oxygens (including phenoxy) is 2. The topological polar surface area (TPSA) is 76.2 Å². The lowest BCUT2D eigenvalue weighted by Gasteiger charge is -2.19.